The molecule has 4 fully saturated rings. The monoisotopic (exact) mass is 344 g/mol. The summed E-state index contributed by atoms with van der Waals surface area (Å²) in [6, 6.07) is 9.54. The van der Waals surface area contributed by atoms with Crippen LogP contribution in [-0.4, -0.2) is 59.7 Å². The number of rotatable bonds is 3. The minimum atomic E-state index is -0.785. The second kappa shape index (κ2) is 6.33. The van der Waals surface area contributed by atoms with Crippen molar-refractivity contribution in [2.75, 3.05) is 32.7 Å². The van der Waals surface area contributed by atoms with Gasteiger partial charge in [-0.15, -0.1) is 0 Å². The Bertz CT molecular complexity index is 657. The summed E-state index contributed by atoms with van der Waals surface area (Å²) in [7, 11) is 0. The van der Waals surface area contributed by atoms with Crippen LogP contribution in [0.5, 0.6) is 0 Å². The van der Waals surface area contributed by atoms with Gasteiger partial charge in [0.25, 0.3) is 0 Å². The van der Waals surface area contributed by atoms with E-state index in [0.717, 1.165) is 38.0 Å². The lowest BCUT2D eigenvalue weighted by molar-refractivity contribution is -0.150. The Kier molecular flexibility index (Phi) is 4.15. The molecule has 1 aromatic carbocycles. The zero-order valence-electron chi connectivity index (χ0n) is 14.3. The van der Waals surface area contributed by atoms with Crippen molar-refractivity contribution >= 4 is 12.1 Å². The van der Waals surface area contributed by atoms with Gasteiger partial charge in [0, 0.05) is 25.0 Å². The number of nitrogens with zero attached hydrogens (tertiary/aromatic N) is 2. The molecule has 5 rings (SSSR count). The smallest absolute Gasteiger partial charge is 0.410 e. The lowest BCUT2D eigenvalue weighted by Gasteiger charge is -2.53. The van der Waals surface area contributed by atoms with Crippen LogP contribution in [0.15, 0.2) is 30.3 Å². The average Bonchev–Trinajstić information content (AvgIpc) is 3.01. The van der Waals surface area contributed by atoms with Crippen LogP contribution in [0.4, 0.5) is 4.79 Å². The molecule has 0 aromatic heterocycles. The summed E-state index contributed by atoms with van der Waals surface area (Å²) < 4.78 is 5.43. The highest BCUT2D eigenvalue weighted by Crippen LogP contribution is 2.51. The number of likely N-dealkylation sites (tertiary alicyclic amines) is 1. The summed E-state index contributed by atoms with van der Waals surface area (Å²) >= 11 is 0. The molecule has 0 aliphatic carbocycles. The minimum Gasteiger partial charge on any atom is -0.481 e. The van der Waals surface area contributed by atoms with E-state index in [-0.39, 0.29) is 18.6 Å². The molecule has 1 spiro atoms. The fourth-order valence-corrected chi connectivity index (χ4v) is 4.99. The molecule has 4 aliphatic heterocycles. The first-order valence-electron chi connectivity index (χ1n) is 8.99. The van der Waals surface area contributed by atoms with Gasteiger partial charge in [0.15, 0.2) is 0 Å². The highest BCUT2D eigenvalue weighted by Gasteiger charge is 2.59. The van der Waals surface area contributed by atoms with Crippen LogP contribution in [0.3, 0.4) is 0 Å². The quantitative estimate of drug-likeness (QED) is 0.909. The van der Waals surface area contributed by atoms with E-state index in [1.165, 1.54) is 0 Å². The molecule has 0 saturated carbocycles. The third-order valence-corrected chi connectivity index (χ3v) is 6.26. The van der Waals surface area contributed by atoms with Crippen LogP contribution in [0.25, 0.3) is 0 Å². The summed E-state index contributed by atoms with van der Waals surface area (Å²) in [5.74, 6) is -0.887. The zero-order valence-corrected chi connectivity index (χ0v) is 14.3. The largest absolute Gasteiger partial charge is 0.481 e. The van der Waals surface area contributed by atoms with Gasteiger partial charge >= 0.3 is 12.1 Å². The Hall–Kier alpha value is -2.08. The number of ether oxygens (including phenoxy) is 1. The van der Waals surface area contributed by atoms with Crippen LogP contribution in [-0.2, 0) is 16.1 Å². The topological polar surface area (TPSA) is 70.1 Å². The first kappa shape index (κ1) is 16.4. The molecule has 6 heteroatoms. The Morgan fingerprint density at radius 1 is 1.16 bits per heavy atom. The summed E-state index contributed by atoms with van der Waals surface area (Å²) in [5.41, 5.74) is 0.621. The lowest BCUT2D eigenvalue weighted by atomic mass is 9.61. The zero-order chi connectivity index (χ0) is 17.4. The molecule has 1 amide bonds. The van der Waals surface area contributed by atoms with E-state index in [9.17, 15) is 14.7 Å². The van der Waals surface area contributed by atoms with Crippen molar-refractivity contribution < 1.29 is 19.4 Å². The molecule has 6 nitrogen and oxygen atoms in total. The molecule has 134 valence electrons. The molecule has 4 saturated heterocycles. The number of carbonyl (C=O) groups excluding carboxylic acids is 1. The van der Waals surface area contributed by atoms with Gasteiger partial charge in [0.1, 0.15) is 6.61 Å². The van der Waals surface area contributed by atoms with E-state index in [1.807, 2.05) is 30.3 Å². The maximum absolute atomic E-state index is 12.5. The lowest BCUT2D eigenvalue weighted by Crippen LogP contribution is -2.59. The summed E-state index contributed by atoms with van der Waals surface area (Å²) in [4.78, 5) is 28.4. The highest BCUT2D eigenvalue weighted by atomic mass is 16.6. The van der Waals surface area contributed by atoms with E-state index in [2.05, 4.69) is 4.90 Å². The third-order valence-electron chi connectivity index (χ3n) is 6.26. The average molecular weight is 344 g/mol. The molecule has 25 heavy (non-hydrogen) atoms. The summed E-state index contributed by atoms with van der Waals surface area (Å²) in [6.45, 7) is 3.87. The van der Waals surface area contributed by atoms with E-state index < -0.39 is 18.0 Å². The fraction of sp³-hybridized carbons (Fsp3) is 0.579. The van der Waals surface area contributed by atoms with Crippen molar-refractivity contribution in [1.82, 2.24) is 9.80 Å². The number of aliphatic carboxylic acids is 1. The number of benzene rings is 1. The van der Waals surface area contributed by atoms with E-state index in [0.29, 0.717) is 12.5 Å². The molecule has 4 aliphatic rings. The molecule has 2 bridgehead atoms. The number of hydrogen-bond donors (Lipinski definition) is 1. The standard InChI is InChI=1S/C19H24N2O4/c22-17(23)16-10-21(18(24)25-11-14-4-2-1-3-5-14)13-19(16)12-20-8-6-15(19)7-9-20/h1-5,15-16H,6-13H2,(H,22,23). The predicted molar refractivity (Wildman–Crippen MR) is 90.9 cm³/mol. The number of fused-ring (bicyclic) bond motifs is 2. The number of carboxylic acids is 1. The maximum Gasteiger partial charge on any atom is 0.410 e. The van der Waals surface area contributed by atoms with Gasteiger partial charge in [-0.25, -0.2) is 4.79 Å². The van der Waals surface area contributed by atoms with Crippen molar-refractivity contribution in [3.05, 3.63) is 35.9 Å². The Balaban J connectivity index is 1.47. The molecular weight excluding hydrogens is 320 g/mol. The van der Waals surface area contributed by atoms with Gasteiger partial charge in [0.05, 0.1) is 5.92 Å². The predicted octanol–water partition coefficient (Wildman–Crippen LogP) is 2.05. The summed E-state index contributed by atoms with van der Waals surface area (Å²) in [6.07, 6.45) is 1.68. The maximum atomic E-state index is 12.5. The Labute approximate surface area is 147 Å². The minimum absolute atomic E-state index is 0.219. The van der Waals surface area contributed by atoms with Crippen LogP contribution >= 0.6 is 0 Å². The van der Waals surface area contributed by atoms with Crippen LogP contribution in [0, 0.1) is 17.3 Å². The first-order valence-corrected chi connectivity index (χ1v) is 8.99. The second-order valence-corrected chi connectivity index (χ2v) is 7.60. The van der Waals surface area contributed by atoms with Gasteiger partial charge in [-0.3, -0.25) is 4.79 Å². The molecule has 4 heterocycles. The van der Waals surface area contributed by atoms with Gasteiger partial charge in [0.2, 0.25) is 0 Å². The van der Waals surface area contributed by atoms with Crippen LogP contribution in [0.2, 0.25) is 0 Å². The molecule has 1 aromatic rings. The van der Waals surface area contributed by atoms with Gasteiger partial charge in [-0.2, -0.15) is 0 Å². The fourth-order valence-electron chi connectivity index (χ4n) is 4.99. The molecule has 2 unspecified atom stereocenters. The SMILES string of the molecule is O=C(O)C1CN(C(=O)OCc2ccccc2)CC12CN1CCC2CC1. The number of amides is 1. The number of hydrogen-bond acceptors (Lipinski definition) is 4. The van der Waals surface area contributed by atoms with Crippen molar-refractivity contribution in [1.29, 1.82) is 0 Å². The molecule has 2 atom stereocenters. The number of carbonyl (C=O) groups is 2. The third kappa shape index (κ3) is 2.88. The first-order chi connectivity index (χ1) is 12.1. The molecule has 1 N–H and O–H groups in total. The van der Waals surface area contributed by atoms with Crippen molar-refractivity contribution in [3.8, 4) is 0 Å². The second-order valence-electron chi connectivity index (χ2n) is 7.60. The molecule has 0 radical (unpaired) electrons. The van der Waals surface area contributed by atoms with Gasteiger partial charge in [-0.1, -0.05) is 30.3 Å². The molecular formula is C19H24N2O4. The normalized spacial score (nSPS) is 33.6. The number of piperidine rings is 3. The van der Waals surface area contributed by atoms with Gasteiger partial charge in [-0.05, 0) is 37.4 Å². The van der Waals surface area contributed by atoms with Crippen LogP contribution < -0.4 is 0 Å². The Morgan fingerprint density at radius 2 is 1.88 bits per heavy atom. The van der Waals surface area contributed by atoms with E-state index in [1.54, 1.807) is 4.90 Å². The number of carboxylic acid groups (broad SMARTS) is 1. The van der Waals surface area contributed by atoms with Gasteiger partial charge < -0.3 is 19.6 Å². The Morgan fingerprint density at radius 3 is 2.48 bits per heavy atom. The van der Waals surface area contributed by atoms with Crippen molar-refractivity contribution in [3.63, 3.8) is 0 Å². The van der Waals surface area contributed by atoms with Crippen molar-refractivity contribution in [2.45, 2.75) is 19.4 Å². The highest BCUT2D eigenvalue weighted by molar-refractivity contribution is 5.75. The van der Waals surface area contributed by atoms with Crippen LogP contribution in [0.1, 0.15) is 18.4 Å². The van der Waals surface area contributed by atoms with E-state index >= 15 is 0 Å². The van der Waals surface area contributed by atoms with E-state index in [4.69, 9.17) is 4.74 Å². The summed E-state index contributed by atoms with van der Waals surface area (Å²) in [5, 5.41) is 9.77. The van der Waals surface area contributed by atoms with Crippen molar-refractivity contribution in [2.24, 2.45) is 17.3 Å².